The molecule has 170 valence electrons. The van der Waals surface area contributed by atoms with Gasteiger partial charge in [-0.25, -0.2) is 0 Å². The van der Waals surface area contributed by atoms with Crippen LogP contribution in [0.3, 0.4) is 0 Å². The highest BCUT2D eigenvalue weighted by atomic mass is 32.2. The third kappa shape index (κ3) is 5.17. The van der Waals surface area contributed by atoms with Crippen molar-refractivity contribution in [2.45, 2.75) is 27.7 Å². The van der Waals surface area contributed by atoms with Gasteiger partial charge < -0.3 is 9.47 Å². The summed E-state index contributed by atoms with van der Waals surface area (Å²) in [4.78, 5) is 16.7. The summed E-state index contributed by atoms with van der Waals surface area (Å²) in [5.74, 6) is 1.30. The number of ether oxygens (including phenoxy) is 2. The molecule has 0 unspecified atom stereocenters. The van der Waals surface area contributed by atoms with Gasteiger partial charge in [0, 0.05) is 5.92 Å². The van der Waals surface area contributed by atoms with E-state index in [1.165, 1.54) is 22.3 Å². The summed E-state index contributed by atoms with van der Waals surface area (Å²) in [6.07, 6.45) is 1.65. The van der Waals surface area contributed by atoms with E-state index < -0.39 is 5.91 Å². The Kier molecular flexibility index (Phi) is 6.65. The fraction of sp³-hybridized carbons (Fsp3) is 0.280. The van der Waals surface area contributed by atoms with E-state index in [0.717, 1.165) is 21.9 Å². The third-order valence-corrected chi connectivity index (χ3v) is 6.28. The van der Waals surface area contributed by atoms with Crippen molar-refractivity contribution >= 4 is 39.8 Å². The first-order valence-corrected chi connectivity index (χ1v) is 11.6. The minimum atomic E-state index is -0.438. The van der Waals surface area contributed by atoms with Gasteiger partial charge in [0.1, 0.15) is 29.8 Å². The van der Waals surface area contributed by atoms with Gasteiger partial charge in [0.25, 0.3) is 5.91 Å². The molecule has 7 nitrogen and oxygen atoms in total. The summed E-state index contributed by atoms with van der Waals surface area (Å²) in [6, 6.07) is 13.4. The number of nitrogens with one attached hydrogen (secondary N) is 1. The number of benzene rings is 2. The molecule has 2 heterocycles. The van der Waals surface area contributed by atoms with E-state index in [-0.39, 0.29) is 17.3 Å². The first-order chi connectivity index (χ1) is 15.8. The standard InChI is InChI=1S/C25H26N4O3S/c1-15(2)24-28-29-22(26)20(23(30)27-25(29)33-24)14-18-6-5-7-19(13-18)31-10-11-32-21-9-8-16(3)12-17(21)4/h5-9,12-15,26H,10-11H2,1-4H3/b20-14+,26-22?. The minimum Gasteiger partial charge on any atom is -0.490 e. The van der Waals surface area contributed by atoms with Crippen molar-refractivity contribution in [1.82, 2.24) is 5.01 Å². The molecule has 0 bridgehead atoms. The van der Waals surface area contributed by atoms with Crippen LogP contribution in [0.15, 0.2) is 58.1 Å². The summed E-state index contributed by atoms with van der Waals surface area (Å²) in [6.45, 7) is 8.91. The predicted octanol–water partition coefficient (Wildman–Crippen LogP) is 5.04. The lowest BCUT2D eigenvalue weighted by molar-refractivity contribution is -0.114. The molecular formula is C25H26N4O3S. The molecule has 0 radical (unpaired) electrons. The number of aryl methyl sites for hydroxylation is 2. The second kappa shape index (κ2) is 9.62. The highest BCUT2D eigenvalue weighted by Crippen LogP contribution is 2.31. The second-order valence-electron chi connectivity index (χ2n) is 8.15. The number of thioether (sulfide) groups is 1. The lowest BCUT2D eigenvalue weighted by Gasteiger charge is -2.20. The van der Waals surface area contributed by atoms with Crippen LogP contribution in [0, 0.1) is 25.2 Å². The van der Waals surface area contributed by atoms with Gasteiger partial charge in [-0.3, -0.25) is 10.2 Å². The van der Waals surface area contributed by atoms with E-state index in [1.54, 1.807) is 6.08 Å². The average Bonchev–Trinajstić information content (AvgIpc) is 3.20. The summed E-state index contributed by atoms with van der Waals surface area (Å²) < 4.78 is 11.6. The number of amidine groups is 2. The maximum absolute atomic E-state index is 12.6. The molecule has 2 aliphatic heterocycles. The second-order valence-corrected chi connectivity index (χ2v) is 9.14. The van der Waals surface area contributed by atoms with Crippen molar-refractivity contribution in [3.8, 4) is 11.5 Å². The van der Waals surface area contributed by atoms with Crippen molar-refractivity contribution in [3.63, 3.8) is 0 Å². The van der Waals surface area contributed by atoms with Crippen molar-refractivity contribution in [1.29, 1.82) is 5.41 Å². The highest BCUT2D eigenvalue weighted by molar-refractivity contribution is 8.27. The number of rotatable bonds is 7. The largest absolute Gasteiger partial charge is 0.490 e. The first kappa shape index (κ1) is 22.8. The van der Waals surface area contributed by atoms with Gasteiger partial charge in [0.2, 0.25) is 5.17 Å². The number of nitrogens with zero attached hydrogens (tertiary/aromatic N) is 3. The van der Waals surface area contributed by atoms with Crippen LogP contribution in [0.4, 0.5) is 0 Å². The van der Waals surface area contributed by atoms with Gasteiger partial charge in [-0.15, -0.1) is 0 Å². The van der Waals surface area contributed by atoms with Gasteiger partial charge in [-0.1, -0.05) is 43.7 Å². The third-order valence-electron chi connectivity index (χ3n) is 5.07. The Morgan fingerprint density at radius 3 is 2.67 bits per heavy atom. The molecule has 0 fully saturated rings. The van der Waals surface area contributed by atoms with Crippen molar-refractivity contribution < 1.29 is 14.3 Å². The molecule has 2 aliphatic rings. The van der Waals surface area contributed by atoms with Crippen LogP contribution in [0.1, 0.15) is 30.5 Å². The maximum Gasteiger partial charge on any atom is 0.283 e. The molecule has 2 aromatic rings. The summed E-state index contributed by atoms with van der Waals surface area (Å²) in [5, 5.41) is 15.6. The van der Waals surface area contributed by atoms with E-state index >= 15 is 0 Å². The number of fused-ring (bicyclic) bond motifs is 1. The molecule has 33 heavy (non-hydrogen) atoms. The van der Waals surface area contributed by atoms with E-state index in [4.69, 9.17) is 14.9 Å². The van der Waals surface area contributed by atoms with Crippen molar-refractivity contribution in [2.24, 2.45) is 16.0 Å². The maximum atomic E-state index is 12.6. The van der Waals surface area contributed by atoms with Gasteiger partial charge in [-0.2, -0.15) is 15.1 Å². The SMILES string of the molecule is Cc1ccc(OCCOc2cccc(/C=C3\C(=N)N4N=C(C(C)C)SC4=NC3=O)c2)c(C)c1. The first-order valence-electron chi connectivity index (χ1n) is 10.7. The Hall–Kier alpha value is -3.39. The molecule has 0 spiro atoms. The van der Waals surface area contributed by atoms with Crippen LogP contribution in [0.2, 0.25) is 0 Å². The zero-order valence-electron chi connectivity index (χ0n) is 19.1. The Balaban J connectivity index is 1.41. The normalized spacial score (nSPS) is 16.8. The molecule has 0 atom stereocenters. The summed E-state index contributed by atoms with van der Waals surface area (Å²) in [7, 11) is 0. The zero-order valence-corrected chi connectivity index (χ0v) is 19.9. The lowest BCUT2D eigenvalue weighted by Crippen LogP contribution is -2.35. The molecule has 2 aromatic carbocycles. The fourth-order valence-electron chi connectivity index (χ4n) is 3.37. The fourth-order valence-corrected chi connectivity index (χ4v) is 4.27. The molecule has 1 amide bonds. The van der Waals surface area contributed by atoms with Crippen LogP contribution in [0.25, 0.3) is 6.08 Å². The predicted molar refractivity (Wildman–Crippen MR) is 133 cm³/mol. The van der Waals surface area contributed by atoms with Gasteiger partial charge >= 0.3 is 0 Å². The van der Waals surface area contributed by atoms with Crippen molar-refractivity contribution in [2.75, 3.05) is 13.2 Å². The lowest BCUT2D eigenvalue weighted by atomic mass is 10.1. The smallest absolute Gasteiger partial charge is 0.283 e. The molecule has 0 saturated heterocycles. The van der Waals surface area contributed by atoms with E-state index in [0.29, 0.717) is 24.1 Å². The number of hydrogen-bond acceptors (Lipinski definition) is 6. The van der Waals surface area contributed by atoms with Crippen molar-refractivity contribution in [3.05, 3.63) is 64.7 Å². The number of hydrogen-bond donors (Lipinski definition) is 1. The van der Waals surface area contributed by atoms with Crippen LogP contribution >= 0.6 is 11.8 Å². The van der Waals surface area contributed by atoms with Gasteiger partial charge in [-0.05, 0) is 61.0 Å². The zero-order chi connectivity index (χ0) is 23.5. The van der Waals surface area contributed by atoms with Gasteiger partial charge in [0.15, 0.2) is 5.84 Å². The van der Waals surface area contributed by atoms with E-state index in [9.17, 15) is 4.79 Å². The monoisotopic (exact) mass is 462 g/mol. The van der Waals surface area contributed by atoms with E-state index in [1.807, 2.05) is 57.2 Å². The Morgan fingerprint density at radius 1 is 1.12 bits per heavy atom. The highest BCUT2D eigenvalue weighted by Gasteiger charge is 2.36. The van der Waals surface area contributed by atoms with Crippen LogP contribution < -0.4 is 9.47 Å². The van der Waals surface area contributed by atoms with Crippen LogP contribution in [-0.4, -0.2) is 40.2 Å². The quantitative estimate of drug-likeness (QED) is 0.460. The Morgan fingerprint density at radius 2 is 1.91 bits per heavy atom. The number of carbonyl (C=O) groups is 1. The molecule has 0 saturated carbocycles. The average molecular weight is 463 g/mol. The number of amides is 1. The number of hydrazone groups is 1. The molecule has 8 heteroatoms. The van der Waals surface area contributed by atoms with Crippen LogP contribution in [-0.2, 0) is 4.79 Å². The summed E-state index contributed by atoms with van der Waals surface area (Å²) >= 11 is 1.34. The number of aliphatic imine (C=N–C) groups is 1. The molecular weight excluding hydrogens is 436 g/mol. The van der Waals surface area contributed by atoms with Crippen LogP contribution in [0.5, 0.6) is 11.5 Å². The number of carbonyl (C=O) groups excluding carboxylic acids is 1. The van der Waals surface area contributed by atoms with Gasteiger partial charge in [0.05, 0.1) is 5.57 Å². The van der Waals surface area contributed by atoms with E-state index in [2.05, 4.69) is 23.1 Å². The Bertz CT molecular complexity index is 1200. The summed E-state index contributed by atoms with van der Waals surface area (Å²) in [5.41, 5.74) is 3.23. The molecule has 0 aromatic heterocycles. The molecule has 0 aliphatic carbocycles. The molecule has 4 rings (SSSR count). The Labute approximate surface area is 197 Å². The topological polar surface area (TPSA) is 87.3 Å². The molecule has 1 N–H and O–H groups in total. The minimum absolute atomic E-state index is 0.0290.